The molecule has 16 heavy (non-hydrogen) atoms. The molecule has 0 unspecified atom stereocenters. The van der Waals surface area contributed by atoms with Crippen LogP contribution in [-0.2, 0) is 12.0 Å². The molecular weight excluding hydrogens is 194 g/mol. The summed E-state index contributed by atoms with van der Waals surface area (Å²) in [7, 11) is 0. The predicted molar refractivity (Wildman–Crippen MR) is 72.4 cm³/mol. The molecule has 0 radical (unpaired) electrons. The van der Waals surface area contributed by atoms with Crippen molar-refractivity contribution in [3.05, 3.63) is 41.5 Å². The molecule has 0 spiro atoms. The van der Waals surface area contributed by atoms with Gasteiger partial charge in [-0.2, -0.15) is 0 Å². The number of hydrogen-bond donors (Lipinski definition) is 1. The van der Waals surface area contributed by atoms with Crippen LogP contribution in [0, 0.1) is 0 Å². The second-order valence-corrected chi connectivity index (χ2v) is 4.34. The topological polar surface area (TPSA) is 26.0 Å². The van der Waals surface area contributed by atoms with Gasteiger partial charge in [-0.05, 0) is 36.0 Å². The zero-order chi connectivity index (χ0) is 12.2. The van der Waals surface area contributed by atoms with Crippen molar-refractivity contribution in [2.45, 2.75) is 45.6 Å². The second kappa shape index (κ2) is 5.31. The summed E-state index contributed by atoms with van der Waals surface area (Å²) in [4.78, 5) is 0. The lowest BCUT2D eigenvalue weighted by Gasteiger charge is -2.30. The Labute approximate surface area is 99.4 Å². The smallest absolute Gasteiger partial charge is 0.0407 e. The highest BCUT2D eigenvalue weighted by Crippen LogP contribution is 2.29. The molecule has 0 aliphatic heterocycles. The molecule has 0 bridgehead atoms. The zero-order valence-corrected chi connectivity index (χ0v) is 10.7. The molecule has 0 saturated carbocycles. The van der Waals surface area contributed by atoms with Crippen LogP contribution in [0.2, 0.25) is 0 Å². The maximum atomic E-state index is 6.46. The van der Waals surface area contributed by atoms with Crippen LogP contribution in [0.15, 0.2) is 24.8 Å². The average molecular weight is 217 g/mol. The molecule has 0 fully saturated rings. The maximum Gasteiger partial charge on any atom is 0.0407 e. The molecule has 0 atom stereocenters. The van der Waals surface area contributed by atoms with Crippen LogP contribution < -0.4 is 5.73 Å². The van der Waals surface area contributed by atoms with Crippen LogP contribution >= 0.6 is 0 Å². The Morgan fingerprint density at radius 1 is 1.25 bits per heavy atom. The molecule has 1 aromatic rings. The molecule has 0 heterocycles. The van der Waals surface area contributed by atoms with Crippen molar-refractivity contribution in [3.8, 4) is 0 Å². The monoisotopic (exact) mass is 217 g/mol. The van der Waals surface area contributed by atoms with Crippen molar-refractivity contribution in [1.29, 1.82) is 0 Å². The number of benzene rings is 1. The van der Waals surface area contributed by atoms with E-state index >= 15 is 0 Å². The van der Waals surface area contributed by atoms with Crippen LogP contribution in [-0.4, -0.2) is 0 Å². The largest absolute Gasteiger partial charge is 0.321 e. The number of aryl methyl sites for hydroxylation is 1. The molecule has 1 rings (SSSR count). The normalized spacial score (nSPS) is 11.5. The summed E-state index contributed by atoms with van der Waals surface area (Å²) in [6, 6.07) is 6.48. The molecule has 1 nitrogen and oxygen atoms in total. The van der Waals surface area contributed by atoms with E-state index in [-0.39, 0.29) is 5.54 Å². The minimum atomic E-state index is -0.176. The summed E-state index contributed by atoms with van der Waals surface area (Å²) in [5, 5.41) is 0. The molecule has 1 heteroatoms. The van der Waals surface area contributed by atoms with E-state index in [0.29, 0.717) is 0 Å². The van der Waals surface area contributed by atoms with Gasteiger partial charge in [-0.3, -0.25) is 0 Å². The van der Waals surface area contributed by atoms with E-state index in [1.165, 1.54) is 16.7 Å². The third-order valence-electron chi connectivity index (χ3n) is 3.54. The highest BCUT2D eigenvalue weighted by Gasteiger charge is 2.24. The Hall–Kier alpha value is -1.08. The molecule has 2 N–H and O–H groups in total. The second-order valence-electron chi connectivity index (χ2n) is 4.34. The van der Waals surface area contributed by atoms with Crippen molar-refractivity contribution >= 4 is 6.08 Å². The van der Waals surface area contributed by atoms with Crippen molar-refractivity contribution in [3.63, 3.8) is 0 Å². The van der Waals surface area contributed by atoms with E-state index in [4.69, 9.17) is 5.73 Å². The standard InChI is InChI=1S/C15H23N/c1-5-12-9-10-14(13(6-2)11-12)15(16,7-3)8-4/h5,9-11H,1,6-8,16H2,2-4H3. The first-order chi connectivity index (χ1) is 7.61. The predicted octanol–water partition coefficient (Wildman–Crippen LogP) is 3.87. The van der Waals surface area contributed by atoms with Gasteiger partial charge >= 0.3 is 0 Å². The lowest BCUT2D eigenvalue weighted by molar-refractivity contribution is 0.409. The van der Waals surface area contributed by atoms with Crippen LogP contribution in [0.25, 0.3) is 6.08 Å². The fraction of sp³-hybridized carbons (Fsp3) is 0.467. The lowest BCUT2D eigenvalue weighted by atomic mass is 9.82. The molecule has 1 aromatic carbocycles. The highest BCUT2D eigenvalue weighted by molar-refractivity contribution is 5.51. The van der Waals surface area contributed by atoms with E-state index in [9.17, 15) is 0 Å². The number of rotatable bonds is 5. The summed E-state index contributed by atoms with van der Waals surface area (Å²) in [5.41, 5.74) is 10.1. The van der Waals surface area contributed by atoms with Crippen molar-refractivity contribution in [2.24, 2.45) is 5.73 Å². The molecular formula is C15H23N. The summed E-state index contributed by atoms with van der Waals surface area (Å²) < 4.78 is 0. The Bertz CT molecular complexity index is 362. The Kier molecular flexibility index (Phi) is 4.31. The third kappa shape index (κ3) is 2.35. The van der Waals surface area contributed by atoms with Crippen LogP contribution in [0.3, 0.4) is 0 Å². The van der Waals surface area contributed by atoms with Crippen molar-refractivity contribution < 1.29 is 0 Å². The molecule has 0 saturated heterocycles. The average Bonchev–Trinajstić information content (AvgIpc) is 2.37. The fourth-order valence-electron chi connectivity index (χ4n) is 2.15. The number of nitrogens with two attached hydrogens (primary N) is 1. The van der Waals surface area contributed by atoms with Gasteiger partial charge < -0.3 is 5.73 Å². The zero-order valence-electron chi connectivity index (χ0n) is 10.7. The first-order valence-electron chi connectivity index (χ1n) is 6.16. The van der Waals surface area contributed by atoms with Gasteiger partial charge in [0.2, 0.25) is 0 Å². The lowest BCUT2D eigenvalue weighted by Crippen LogP contribution is -2.36. The van der Waals surface area contributed by atoms with Crippen molar-refractivity contribution in [2.75, 3.05) is 0 Å². The van der Waals surface area contributed by atoms with Gasteiger partial charge in [0.15, 0.2) is 0 Å². The minimum absolute atomic E-state index is 0.176. The van der Waals surface area contributed by atoms with Gasteiger partial charge in [-0.15, -0.1) is 0 Å². The third-order valence-corrected chi connectivity index (χ3v) is 3.54. The van der Waals surface area contributed by atoms with E-state index in [1.807, 2.05) is 6.08 Å². The van der Waals surface area contributed by atoms with E-state index < -0.39 is 0 Å². The molecule has 88 valence electrons. The van der Waals surface area contributed by atoms with Gasteiger partial charge in [-0.1, -0.05) is 51.6 Å². The van der Waals surface area contributed by atoms with E-state index in [1.54, 1.807) is 0 Å². The van der Waals surface area contributed by atoms with Gasteiger partial charge in [-0.25, -0.2) is 0 Å². The minimum Gasteiger partial charge on any atom is -0.321 e. The van der Waals surface area contributed by atoms with Gasteiger partial charge in [0.25, 0.3) is 0 Å². The molecule has 0 aliphatic carbocycles. The van der Waals surface area contributed by atoms with E-state index in [2.05, 4.69) is 45.5 Å². The van der Waals surface area contributed by atoms with Gasteiger partial charge in [0.1, 0.15) is 0 Å². The maximum absolute atomic E-state index is 6.46. The Morgan fingerprint density at radius 3 is 2.31 bits per heavy atom. The van der Waals surface area contributed by atoms with Crippen LogP contribution in [0.4, 0.5) is 0 Å². The Balaban J connectivity index is 3.27. The van der Waals surface area contributed by atoms with Gasteiger partial charge in [0, 0.05) is 5.54 Å². The van der Waals surface area contributed by atoms with E-state index in [0.717, 1.165) is 19.3 Å². The highest BCUT2D eigenvalue weighted by atomic mass is 14.7. The molecule has 0 amide bonds. The summed E-state index contributed by atoms with van der Waals surface area (Å²) >= 11 is 0. The SMILES string of the molecule is C=Cc1ccc(C(N)(CC)CC)c(CC)c1. The summed E-state index contributed by atoms with van der Waals surface area (Å²) in [6.45, 7) is 10.3. The fourth-order valence-corrected chi connectivity index (χ4v) is 2.15. The molecule has 0 aliphatic rings. The first kappa shape index (κ1) is 13.0. The summed E-state index contributed by atoms with van der Waals surface area (Å²) in [6.07, 6.45) is 4.86. The Morgan fingerprint density at radius 2 is 1.88 bits per heavy atom. The number of hydrogen-bond acceptors (Lipinski definition) is 1. The first-order valence-corrected chi connectivity index (χ1v) is 6.16. The van der Waals surface area contributed by atoms with Crippen LogP contribution in [0.1, 0.15) is 50.3 Å². The summed E-state index contributed by atoms with van der Waals surface area (Å²) in [5.74, 6) is 0. The van der Waals surface area contributed by atoms with Crippen LogP contribution in [0.5, 0.6) is 0 Å². The molecule has 0 aromatic heterocycles. The van der Waals surface area contributed by atoms with Crippen molar-refractivity contribution in [1.82, 2.24) is 0 Å². The quantitative estimate of drug-likeness (QED) is 0.796. The van der Waals surface area contributed by atoms with Gasteiger partial charge in [0.05, 0.1) is 0 Å².